The van der Waals surface area contributed by atoms with Crippen molar-refractivity contribution < 1.29 is 34.7 Å². The van der Waals surface area contributed by atoms with Gasteiger partial charge in [0.2, 0.25) is 0 Å². The van der Waals surface area contributed by atoms with Crippen LogP contribution in [0.4, 0.5) is 0 Å². The summed E-state index contributed by atoms with van der Waals surface area (Å²) in [6, 6.07) is -0.621. The molecule has 0 aromatic rings. The van der Waals surface area contributed by atoms with Crippen LogP contribution < -0.4 is 5.32 Å². The second kappa shape index (κ2) is 8.85. The van der Waals surface area contributed by atoms with Gasteiger partial charge in [0.1, 0.15) is 24.4 Å². The second-order valence-corrected chi connectivity index (χ2v) is 7.95. The molecule has 1 rings (SSSR count). The highest BCUT2D eigenvalue weighted by Gasteiger charge is 2.45. The highest BCUT2D eigenvalue weighted by atomic mass is 16.7. The van der Waals surface area contributed by atoms with E-state index in [1.807, 2.05) is 34.6 Å². The van der Waals surface area contributed by atoms with Gasteiger partial charge in [0.05, 0.1) is 18.8 Å². The van der Waals surface area contributed by atoms with E-state index < -0.39 is 54.9 Å². The number of carbonyl (C=O) groups is 1. The lowest BCUT2D eigenvalue weighted by Crippen LogP contribution is -2.61. The minimum atomic E-state index is -1.52. The molecule has 0 radical (unpaired) electrons. The Kier molecular flexibility index (Phi) is 7.94. The van der Waals surface area contributed by atoms with E-state index in [2.05, 4.69) is 5.32 Å². The maximum atomic E-state index is 12.7. The Hall–Kier alpha value is -0.610. The molecule has 1 fully saturated rings. The summed E-state index contributed by atoms with van der Waals surface area (Å²) >= 11 is 0. The van der Waals surface area contributed by atoms with Crippen molar-refractivity contribution in [3.63, 3.8) is 0 Å². The van der Waals surface area contributed by atoms with Gasteiger partial charge in [0.25, 0.3) is 0 Å². The van der Waals surface area contributed by atoms with E-state index in [1.165, 1.54) is 0 Å². The molecule has 1 aliphatic heterocycles. The highest BCUT2D eigenvalue weighted by molar-refractivity contribution is 5.89. The van der Waals surface area contributed by atoms with Crippen molar-refractivity contribution in [1.82, 2.24) is 5.32 Å². The lowest BCUT2D eigenvalue weighted by Gasteiger charge is -2.41. The summed E-state index contributed by atoms with van der Waals surface area (Å²) in [4.78, 5) is 12.7. The average Bonchev–Trinajstić information content (AvgIpc) is 2.51. The number of Topliss-reactive ketones (excluding diaryl/α,β-unsaturated/α-hetero) is 1. The van der Waals surface area contributed by atoms with Crippen molar-refractivity contribution in [3.05, 3.63) is 0 Å². The zero-order valence-electron chi connectivity index (χ0n) is 15.8. The third-order valence-corrected chi connectivity index (χ3v) is 4.20. The Labute approximate surface area is 149 Å². The van der Waals surface area contributed by atoms with Gasteiger partial charge in [0.15, 0.2) is 12.1 Å². The fourth-order valence-corrected chi connectivity index (χ4v) is 2.72. The van der Waals surface area contributed by atoms with Gasteiger partial charge in [-0.3, -0.25) is 4.79 Å². The molecule has 7 atom stereocenters. The maximum Gasteiger partial charge on any atom is 0.187 e. The molecule has 0 aromatic heterocycles. The van der Waals surface area contributed by atoms with E-state index in [4.69, 9.17) is 9.47 Å². The normalized spacial score (nSPS) is 33.3. The first-order chi connectivity index (χ1) is 11.4. The molecule has 0 saturated carbocycles. The van der Waals surface area contributed by atoms with Gasteiger partial charge >= 0.3 is 0 Å². The van der Waals surface area contributed by atoms with Crippen LogP contribution in [0.1, 0.15) is 41.5 Å². The maximum absolute atomic E-state index is 12.7. The minimum Gasteiger partial charge on any atom is -0.394 e. The van der Waals surface area contributed by atoms with Crippen molar-refractivity contribution >= 4 is 5.78 Å². The number of ether oxygens (including phenoxy) is 2. The van der Waals surface area contributed by atoms with Crippen LogP contribution in [0, 0.1) is 5.41 Å². The van der Waals surface area contributed by atoms with Crippen LogP contribution >= 0.6 is 0 Å². The number of hydrogen-bond donors (Lipinski definition) is 5. The Morgan fingerprint density at radius 1 is 1.12 bits per heavy atom. The van der Waals surface area contributed by atoms with Gasteiger partial charge in [-0.15, -0.1) is 0 Å². The molecule has 7 unspecified atom stereocenters. The van der Waals surface area contributed by atoms with Crippen LogP contribution in [0.3, 0.4) is 0 Å². The quantitative estimate of drug-likeness (QED) is 0.397. The van der Waals surface area contributed by atoms with Crippen molar-refractivity contribution in [2.45, 2.75) is 90.4 Å². The number of carbonyl (C=O) groups excluding carboxylic acids is 1. The average molecular weight is 363 g/mol. The van der Waals surface area contributed by atoms with E-state index in [0.717, 1.165) is 0 Å². The van der Waals surface area contributed by atoms with Crippen LogP contribution in [0.25, 0.3) is 0 Å². The molecule has 1 heterocycles. The zero-order valence-corrected chi connectivity index (χ0v) is 15.8. The number of rotatable bonds is 7. The van der Waals surface area contributed by atoms with Crippen LogP contribution in [0.5, 0.6) is 0 Å². The lowest BCUT2D eigenvalue weighted by molar-refractivity contribution is -0.311. The van der Waals surface area contributed by atoms with Gasteiger partial charge in [-0.2, -0.15) is 0 Å². The van der Waals surface area contributed by atoms with Gasteiger partial charge in [-0.05, 0) is 6.92 Å². The smallest absolute Gasteiger partial charge is 0.187 e. The first kappa shape index (κ1) is 22.4. The van der Waals surface area contributed by atoms with Crippen LogP contribution in [-0.2, 0) is 14.3 Å². The molecule has 1 aliphatic rings. The van der Waals surface area contributed by atoms with E-state index >= 15 is 0 Å². The molecule has 25 heavy (non-hydrogen) atoms. The number of hydrogen-bond acceptors (Lipinski definition) is 8. The predicted molar refractivity (Wildman–Crippen MR) is 90.8 cm³/mol. The fraction of sp³-hybridized carbons (Fsp3) is 0.941. The Balaban J connectivity index is 2.91. The molecule has 0 amide bonds. The standard InChI is InChI=1S/C17H33NO7/c1-8(2)18-11(15(23)17(4,5)6)9(3)24-16-14(22)13(21)12(20)10(7-19)25-16/h8-14,16,18-22H,7H2,1-6H3. The molecular formula is C17H33NO7. The topological polar surface area (TPSA) is 128 Å². The summed E-state index contributed by atoms with van der Waals surface area (Å²) in [6.07, 6.45) is -7.45. The lowest BCUT2D eigenvalue weighted by atomic mass is 9.84. The van der Waals surface area contributed by atoms with Gasteiger partial charge < -0.3 is 35.2 Å². The molecule has 8 nitrogen and oxygen atoms in total. The highest BCUT2D eigenvalue weighted by Crippen LogP contribution is 2.25. The molecule has 5 N–H and O–H groups in total. The van der Waals surface area contributed by atoms with Crippen LogP contribution in [-0.4, -0.2) is 81.7 Å². The number of nitrogens with one attached hydrogen (secondary N) is 1. The summed E-state index contributed by atoms with van der Waals surface area (Å²) in [6.45, 7) is 10.4. The molecule has 0 aliphatic carbocycles. The summed E-state index contributed by atoms with van der Waals surface area (Å²) in [5, 5.41) is 42.2. The van der Waals surface area contributed by atoms with Gasteiger partial charge in [-0.25, -0.2) is 0 Å². The number of ketones is 1. The second-order valence-electron chi connectivity index (χ2n) is 7.95. The zero-order chi connectivity index (χ0) is 19.5. The van der Waals surface area contributed by atoms with E-state index in [-0.39, 0.29) is 11.8 Å². The molecule has 0 aromatic carbocycles. The minimum absolute atomic E-state index is 0.0251. The van der Waals surface area contributed by atoms with Crippen LogP contribution in [0.15, 0.2) is 0 Å². The predicted octanol–water partition coefficient (Wildman–Crippen LogP) is -0.827. The summed E-state index contributed by atoms with van der Waals surface area (Å²) in [5.74, 6) is -0.0571. The summed E-state index contributed by atoms with van der Waals surface area (Å²) in [7, 11) is 0. The Morgan fingerprint density at radius 3 is 2.12 bits per heavy atom. The van der Waals surface area contributed by atoms with Crippen molar-refractivity contribution in [2.24, 2.45) is 5.41 Å². The monoisotopic (exact) mass is 363 g/mol. The molecule has 0 bridgehead atoms. The fourth-order valence-electron chi connectivity index (χ4n) is 2.72. The first-order valence-electron chi connectivity index (χ1n) is 8.66. The van der Waals surface area contributed by atoms with Crippen LogP contribution in [0.2, 0.25) is 0 Å². The van der Waals surface area contributed by atoms with Crippen molar-refractivity contribution in [2.75, 3.05) is 6.61 Å². The SMILES string of the molecule is CC(C)NC(C(=O)C(C)(C)C)C(C)OC1OC(CO)C(O)C(O)C1O. The largest absolute Gasteiger partial charge is 0.394 e. The molecular weight excluding hydrogens is 330 g/mol. The van der Waals surface area contributed by atoms with Gasteiger partial charge in [-0.1, -0.05) is 34.6 Å². The summed E-state index contributed by atoms with van der Waals surface area (Å²) < 4.78 is 11.0. The third-order valence-electron chi connectivity index (χ3n) is 4.20. The molecule has 148 valence electrons. The Morgan fingerprint density at radius 2 is 1.68 bits per heavy atom. The third kappa shape index (κ3) is 5.68. The van der Waals surface area contributed by atoms with Crippen molar-refractivity contribution in [1.29, 1.82) is 0 Å². The van der Waals surface area contributed by atoms with E-state index in [9.17, 15) is 25.2 Å². The molecule has 8 heteroatoms. The van der Waals surface area contributed by atoms with Gasteiger partial charge in [0, 0.05) is 11.5 Å². The molecule has 1 saturated heterocycles. The summed E-state index contributed by atoms with van der Waals surface area (Å²) in [5.41, 5.74) is -0.598. The van der Waals surface area contributed by atoms with Crippen molar-refractivity contribution in [3.8, 4) is 0 Å². The van der Waals surface area contributed by atoms with E-state index in [1.54, 1.807) is 6.92 Å². The number of aliphatic hydroxyl groups is 4. The molecule has 0 spiro atoms. The number of aliphatic hydroxyl groups excluding tert-OH is 4. The first-order valence-corrected chi connectivity index (χ1v) is 8.66. The Bertz CT molecular complexity index is 435. The van der Waals surface area contributed by atoms with E-state index in [0.29, 0.717) is 0 Å².